The number of hydrogen-bond acceptors (Lipinski definition) is 4. The van der Waals surface area contributed by atoms with E-state index in [9.17, 15) is 9.59 Å². The number of aromatic nitrogens is 2. The molecular weight excluding hydrogens is 260 g/mol. The fourth-order valence-corrected chi connectivity index (χ4v) is 1.86. The Bertz CT molecular complexity index is 707. The average Bonchev–Trinajstić information content (AvgIpc) is 2.42. The van der Waals surface area contributed by atoms with E-state index in [1.54, 1.807) is 19.1 Å². The molecule has 1 N–H and O–H groups in total. The molecule has 0 radical (unpaired) electrons. The molecule has 20 heavy (non-hydrogen) atoms. The van der Waals surface area contributed by atoms with E-state index in [0.29, 0.717) is 17.0 Å². The van der Waals surface area contributed by atoms with Gasteiger partial charge in [-0.3, -0.25) is 4.79 Å². The van der Waals surface area contributed by atoms with Crippen LogP contribution in [-0.4, -0.2) is 28.0 Å². The fraction of sp³-hybridized carbons (Fsp3) is 0.214. The zero-order valence-corrected chi connectivity index (χ0v) is 11.2. The van der Waals surface area contributed by atoms with Gasteiger partial charge in [0.1, 0.15) is 5.75 Å². The van der Waals surface area contributed by atoms with Crippen molar-refractivity contribution in [3.63, 3.8) is 0 Å². The Morgan fingerprint density at radius 2 is 2.10 bits per heavy atom. The molecule has 6 heteroatoms. The maximum atomic E-state index is 11.7. The first-order valence-corrected chi connectivity index (χ1v) is 5.96. The topological polar surface area (TPSA) is 81.4 Å². The highest BCUT2D eigenvalue weighted by atomic mass is 16.5. The van der Waals surface area contributed by atoms with Gasteiger partial charge in [0, 0.05) is 11.6 Å². The van der Waals surface area contributed by atoms with Gasteiger partial charge in [-0.25, -0.2) is 9.48 Å². The summed E-state index contributed by atoms with van der Waals surface area (Å²) in [6.07, 6.45) is 0. The Balaban J connectivity index is 2.46. The third kappa shape index (κ3) is 2.85. The number of carbonyl (C=O) groups is 1. The van der Waals surface area contributed by atoms with Crippen LogP contribution in [0.25, 0.3) is 0 Å². The quantitative estimate of drug-likeness (QED) is 0.909. The van der Waals surface area contributed by atoms with Crippen LogP contribution in [0.4, 0.5) is 0 Å². The standard InChI is InChI=1S/C14H14N2O4/c1-9-3-6-13(17)16(15-9)8-11-7-10(14(18)19)4-5-12(11)20-2/h3-7H,8H2,1-2H3,(H,18,19). The van der Waals surface area contributed by atoms with Crippen molar-refractivity contribution in [1.29, 1.82) is 0 Å². The van der Waals surface area contributed by atoms with Crippen LogP contribution in [-0.2, 0) is 6.54 Å². The average molecular weight is 274 g/mol. The van der Waals surface area contributed by atoms with Crippen LogP contribution in [0.3, 0.4) is 0 Å². The van der Waals surface area contributed by atoms with Crippen molar-refractivity contribution >= 4 is 5.97 Å². The van der Waals surface area contributed by atoms with Crippen molar-refractivity contribution in [2.75, 3.05) is 7.11 Å². The minimum Gasteiger partial charge on any atom is -0.496 e. The van der Waals surface area contributed by atoms with Crippen LogP contribution in [0.1, 0.15) is 21.6 Å². The van der Waals surface area contributed by atoms with Gasteiger partial charge >= 0.3 is 5.97 Å². The summed E-state index contributed by atoms with van der Waals surface area (Å²) in [7, 11) is 1.49. The molecule has 2 aromatic rings. The van der Waals surface area contributed by atoms with E-state index in [1.807, 2.05) is 0 Å². The molecule has 0 saturated carbocycles. The fourth-order valence-electron chi connectivity index (χ4n) is 1.86. The van der Waals surface area contributed by atoms with E-state index in [-0.39, 0.29) is 17.7 Å². The lowest BCUT2D eigenvalue weighted by Gasteiger charge is -2.10. The highest BCUT2D eigenvalue weighted by Gasteiger charge is 2.10. The van der Waals surface area contributed by atoms with Gasteiger partial charge in [-0.1, -0.05) is 0 Å². The Hall–Kier alpha value is -2.63. The first-order chi connectivity index (χ1) is 9.51. The zero-order valence-electron chi connectivity index (χ0n) is 11.2. The summed E-state index contributed by atoms with van der Waals surface area (Å²) in [6.45, 7) is 1.94. The Kier molecular flexibility index (Phi) is 3.84. The van der Waals surface area contributed by atoms with E-state index >= 15 is 0 Å². The molecule has 0 bridgehead atoms. The van der Waals surface area contributed by atoms with Gasteiger partial charge in [0.25, 0.3) is 5.56 Å². The molecule has 1 heterocycles. The number of carboxylic acid groups (broad SMARTS) is 1. The lowest BCUT2D eigenvalue weighted by atomic mass is 10.1. The molecule has 0 atom stereocenters. The van der Waals surface area contributed by atoms with Crippen LogP contribution in [0.15, 0.2) is 35.1 Å². The van der Waals surface area contributed by atoms with Crippen LogP contribution in [0.5, 0.6) is 5.75 Å². The van der Waals surface area contributed by atoms with E-state index in [1.165, 1.54) is 30.0 Å². The minimum atomic E-state index is -1.03. The van der Waals surface area contributed by atoms with E-state index in [4.69, 9.17) is 9.84 Å². The van der Waals surface area contributed by atoms with Gasteiger partial charge in [-0.15, -0.1) is 0 Å². The molecule has 0 unspecified atom stereocenters. The van der Waals surface area contributed by atoms with Gasteiger partial charge in [0.2, 0.25) is 0 Å². The Labute approximate surface area is 115 Å². The SMILES string of the molecule is COc1ccc(C(=O)O)cc1Cn1nc(C)ccc1=O. The molecule has 104 valence electrons. The normalized spacial score (nSPS) is 10.3. The van der Waals surface area contributed by atoms with Crippen molar-refractivity contribution in [3.8, 4) is 5.75 Å². The van der Waals surface area contributed by atoms with Gasteiger partial charge in [0.05, 0.1) is 24.9 Å². The molecule has 0 amide bonds. The summed E-state index contributed by atoms with van der Waals surface area (Å²) in [5, 5.41) is 13.1. The summed E-state index contributed by atoms with van der Waals surface area (Å²) in [4.78, 5) is 22.7. The second kappa shape index (κ2) is 5.56. The molecular formula is C14H14N2O4. The van der Waals surface area contributed by atoms with Crippen molar-refractivity contribution in [2.45, 2.75) is 13.5 Å². The van der Waals surface area contributed by atoms with Crippen molar-refractivity contribution in [1.82, 2.24) is 9.78 Å². The van der Waals surface area contributed by atoms with Crippen LogP contribution in [0.2, 0.25) is 0 Å². The molecule has 0 aliphatic carbocycles. The molecule has 6 nitrogen and oxygen atoms in total. The van der Waals surface area contributed by atoms with Crippen molar-refractivity contribution in [3.05, 3.63) is 57.5 Å². The second-order valence-corrected chi connectivity index (χ2v) is 4.30. The Morgan fingerprint density at radius 1 is 1.35 bits per heavy atom. The van der Waals surface area contributed by atoms with E-state index < -0.39 is 5.97 Å². The molecule has 0 spiro atoms. The first kappa shape index (κ1) is 13.8. The molecule has 1 aromatic carbocycles. The number of aromatic carboxylic acids is 1. The number of carboxylic acids is 1. The molecule has 1 aromatic heterocycles. The number of methoxy groups -OCH3 is 1. The third-order valence-electron chi connectivity index (χ3n) is 2.85. The van der Waals surface area contributed by atoms with Gasteiger partial charge in [-0.05, 0) is 31.2 Å². The highest BCUT2D eigenvalue weighted by molar-refractivity contribution is 5.88. The summed E-state index contributed by atoms with van der Waals surface area (Å²) in [6, 6.07) is 7.56. The van der Waals surface area contributed by atoms with Gasteiger partial charge in [-0.2, -0.15) is 5.10 Å². The predicted octanol–water partition coefficient (Wildman–Crippen LogP) is 1.31. The zero-order chi connectivity index (χ0) is 14.7. The van der Waals surface area contributed by atoms with Crippen LogP contribution in [0, 0.1) is 6.92 Å². The molecule has 0 aliphatic heterocycles. The lowest BCUT2D eigenvalue weighted by Crippen LogP contribution is -2.23. The third-order valence-corrected chi connectivity index (χ3v) is 2.85. The lowest BCUT2D eigenvalue weighted by molar-refractivity contribution is 0.0696. The van der Waals surface area contributed by atoms with Gasteiger partial charge in [0.15, 0.2) is 0 Å². The number of rotatable bonds is 4. The second-order valence-electron chi connectivity index (χ2n) is 4.30. The number of nitrogens with zero attached hydrogens (tertiary/aromatic N) is 2. The number of aryl methyl sites for hydroxylation is 1. The molecule has 2 rings (SSSR count). The highest BCUT2D eigenvalue weighted by Crippen LogP contribution is 2.20. The number of hydrogen-bond donors (Lipinski definition) is 1. The molecule has 0 saturated heterocycles. The Morgan fingerprint density at radius 3 is 2.75 bits per heavy atom. The maximum Gasteiger partial charge on any atom is 0.335 e. The van der Waals surface area contributed by atoms with Crippen LogP contribution >= 0.6 is 0 Å². The smallest absolute Gasteiger partial charge is 0.335 e. The summed E-state index contributed by atoms with van der Waals surface area (Å²) >= 11 is 0. The number of benzene rings is 1. The van der Waals surface area contributed by atoms with Crippen molar-refractivity contribution in [2.24, 2.45) is 0 Å². The number of ether oxygens (including phenoxy) is 1. The summed E-state index contributed by atoms with van der Waals surface area (Å²) in [5.41, 5.74) is 1.19. The first-order valence-electron chi connectivity index (χ1n) is 5.96. The minimum absolute atomic E-state index is 0.140. The van der Waals surface area contributed by atoms with E-state index in [0.717, 1.165) is 0 Å². The van der Waals surface area contributed by atoms with Gasteiger partial charge < -0.3 is 9.84 Å². The van der Waals surface area contributed by atoms with Crippen LogP contribution < -0.4 is 10.3 Å². The summed E-state index contributed by atoms with van der Waals surface area (Å²) < 4.78 is 6.46. The van der Waals surface area contributed by atoms with Crippen molar-refractivity contribution < 1.29 is 14.6 Å². The maximum absolute atomic E-state index is 11.7. The van der Waals surface area contributed by atoms with E-state index in [2.05, 4.69) is 5.10 Å². The molecule has 0 aliphatic rings. The predicted molar refractivity (Wildman–Crippen MR) is 72.3 cm³/mol. The molecule has 0 fully saturated rings. The summed E-state index contributed by atoms with van der Waals surface area (Å²) in [5.74, 6) is -0.511. The largest absolute Gasteiger partial charge is 0.496 e. The monoisotopic (exact) mass is 274 g/mol.